The predicted molar refractivity (Wildman–Crippen MR) is 90.3 cm³/mol. The summed E-state index contributed by atoms with van der Waals surface area (Å²) >= 11 is 0. The van der Waals surface area contributed by atoms with Crippen molar-refractivity contribution in [1.29, 1.82) is 0 Å². The van der Waals surface area contributed by atoms with Gasteiger partial charge in [-0.3, -0.25) is 0 Å². The second-order valence-corrected chi connectivity index (χ2v) is 6.81. The lowest BCUT2D eigenvalue weighted by Gasteiger charge is -2.13. The molecule has 0 bridgehead atoms. The number of benzene rings is 1. The second-order valence-electron chi connectivity index (χ2n) is 6.81. The molecule has 0 saturated carbocycles. The van der Waals surface area contributed by atoms with Gasteiger partial charge in [0.25, 0.3) is 0 Å². The SMILES string of the molecule is CC(C)Cc1ccc(C(C)C(=O)[O-])cc1.OCC[NH+]1CCCC1. The maximum absolute atomic E-state index is 10.7. The van der Waals surface area contributed by atoms with Crippen molar-refractivity contribution in [2.24, 2.45) is 5.92 Å². The maximum Gasteiger partial charge on any atom is 0.101 e. The third-order valence-corrected chi connectivity index (χ3v) is 4.25. The zero-order valence-electron chi connectivity index (χ0n) is 14.7. The molecule has 2 N–H and O–H groups in total. The fourth-order valence-corrected chi connectivity index (χ4v) is 2.83. The summed E-state index contributed by atoms with van der Waals surface area (Å²) in [5.41, 5.74) is 2.06. The van der Waals surface area contributed by atoms with Crippen LogP contribution in [0.1, 0.15) is 50.7 Å². The number of aliphatic hydroxyl groups is 1. The number of carboxylic acids is 1. The normalized spacial score (nSPS) is 16.0. The van der Waals surface area contributed by atoms with Gasteiger partial charge in [-0.15, -0.1) is 0 Å². The van der Waals surface area contributed by atoms with E-state index in [-0.39, 0.29) is 0 Å². The molecule has 0 radical (unpaired) electrons. The minimum atomic E-state index is -1.02. The lowest BCUT2D eigenvalue weighted by atomic mass is 9.97. The molecule has 1 aliphatic rings. The standard InChI is InChI=1S/C13H18O2.C6H13NO/c1-9(2)8-11-4-6-12(7-5-11)10(3)13(14)15;8-6-5-7-3-1-2-4-7/h4-7,9-10H,8H2,1-3H3,(H,14,15);8H,1-6H2. The van der Waals surface area contributed by atoms with E-state index >= 15 is 0 Å². The summed E-state index contributed by atoms with van der Waals surface area (Å²) in [5.74, 6) is -0.931. The zero-order valence-corrected chi connectivity index (χ0v) is 14.7. The van der Waals surface area contributed by atoms with Crippen LogP contribution in [0.15, 0.2) is 24.3 Å². The average Bonchev–Trinajstić information content (AvgIpc) is 3.01. The monoisotopic (exact) mass is 321 g/mol. The third kappa shape index (κ3) is 7.62. The Morgan fingerprint density at radius 3 is 2.17 bits per heavy atom. The van der Waals surface area contributed by atoms with Crippen molar-refractivity contribution >= 4 is 5.97 Å². The number of carbonyl (C=O) groups is 1. The van der Waals surface area contributed by atoms with Gasteiger partial charge in [-0.2, -0.15) is 0 Å². The third-order valence-electron chi connectivity index (χ3n) is 4.25. The van der Waals surface area contributed by atoms with Crippen molar-refractivity contribution in [3.63, 3.8) is 0 Å². The molecule has 1 aliphatic heterocycles. The second kappa shape index (κ2) is 10.4. The molecule has 4 heteroatoms. The smallest absolute Gasteiger partial charge is 0.101 e. The molecule has 4 nitrogen and oxygen atoms in total. The van der Waals surface area contributed by atoms with Crippen LogP contribution in [0.3, 0.4) is 0 Å². The summed E-state index contributed by atoms with van der Waals surface area (Å²) in [4.78, 5) is 12.2. The highest BCUT2D eigenvalue weighted by atomic mass is 16.4. The lowest BCUT2D eigenvalue weighted by molar-refractivity contribution is -0.887. The van der Waals surface area contributed by atoms with Crippen molar-refractivity contribution in [3.8, 4) is 0 Å². The first-order valence-electron chi connectivity index (χ1n) is 8.68. The van der Waals surface area contributed by atoms with Gasteiger partial charge in [0, 0.05) is 24.7 Å². The average molecular weight is 321 g/mol. The minimum absolute atomic E-state index is 0.356. The van der Waals surface area contributed by atoms with E-state index in [2.05, 4.69) is 13.8 Å². The number of rotatable bonds is 6. The largest absolute Gasteiger partial charge is 0.550 e. The Kier molecular flexibility index (Phi) is 8.89. The van der Waals surface area contributed by atoms with E-state index in [1.807, 2.05) is 24.3 Å². The van der Waals surface area contributed by atoms with E-state index in [0.29, 0.717) is 12.5 Å². The van der Waals surface area contributed by atoms with Gasteiger partial charge in [0.1, 0.15) is 6.54 Å². The van der Waals surface area contributed by atoms with Crippen LogP contribution in [0.5, 0.6) is 0 Å². The molecule has 0 amide bonds. The molecule has 1 fully saturated rings. The van der Waals surface area contributed by atoms with Crippen LogP contribution in [0, 0.1) is 5.92 Å². The van der Waals surface area contributed by atoms with E-state index in [1.54, 1.807) is 11.8 Å². The van der Waals surface area contributed by atoms with Gasteiger partial charge in [-0.25, -0.2) is 0 Å². The fraction of sp³-hybridized carbons (Fsp3) is 0.632. The molecule has 1 atom stereocenters. The molecule has 0 aromatic heterocycles. The van der Waals surface area contributed by atoms with Gasteiger partial charge < -0.3 is 19.9 Å². The Morgan fingerprint density at radius 1 is 1.17 bits per heavy atom. The summed E-state index contributed by atoms with van der Waals surface area (Å²) in [5, 5.41) is 19.2. The highest BCUT2D eigenvalue weighted by Crippen LogP contribution is 2.16. The Labute approximate surface area is 140 Å². The summed E-state index contributed by atoms with van der Waals surface area (Å²) < 4.78 is 0. The molecule has 1 aromatic carbocycles. The van der Waals surface area contributed by atoms with Crippen molar-refractivity contribution in [2.75, 3.05) is 26.2 Å². The number of hydrogen-bond donors (Lipinski definition) is 2. The van der Waals surface area contributed by atoms with Crippen molar-refractivity contribution in [1.82, 2.24) is 0 Å². The van der Waals surface area contributed by atoms with Gasteiger partial charge in [0.15, 0.2) is 0 Å². The Hall–Kier alpha value is -1.39. The van der Waals surface area contributed by atoms with Gasteiger partial charge in [-0.05, 0) is 23.5 Å². The van der Waals surface area contributed by atoms with Crippen molar-refractivity contribution in [2.45, 2.75) is 46.0 Å². The van der Waals surface area contributed by atoms with E-state index in [9.17, 15) is 9.90 Å². The van der Waals surface area contributed by atoms with Crippen LogP contribution >= 0.6 is 0 Å². The predicted octanol–water partition coefficient (Wildman–Crippen LogP) is 0.396. The van der Waals surface area contributed by atoms with Crippen LogP contribution in [0.25, 0.3) is 0 Å². The summed E-state index contributed by atoms with van der Waals surface area (Å²) in [6.45, 7) is 9.85. The van der Waals surface area contributed by atoms with Gasteiger partial charge in [-0.1, -0.05) is 45.0 Å². The van der Waals surface area contributed by atoms with Crippen LogP contribution in [-0.2, 0) is 11.2 Å². The minimum Gasteiger partial charge on any atom is -0.550 e. The number of aliphatic carboxylic acids is 1. The molecule has 130 valence electrons. The van der Waals surface area contributed by atoms with Crippen molar-refractivity contribution < 1.29 is 19.9 Å². The van der Waals surface area contributed by atoms with Crippen molar-refractivity contribution in [3.05, 3.63) is 35.4 Å². The number of aliphatic hydroxyl groups excluding tert-OH is 1. The Bertz CT molecular complexity index is 450. The summed E-state index contributed by atoms with van der Waals surface area (Å²) in [7, 11) is 0. The molecule has 1 unspecified atom stereocenters. The van der Waals surface area contributed by atoms with E-state index in [4.69, 9.17) is 5.11 Å². The zero-order chi connectivity index (χ0) is 17.2. The van der Waals surface area contributed by atoms with Gasteiger partial charge in [0.2, 0.25) is 0 Å². The number of likely N-dealkylation sites (tertiary alicyclic amines) is 1. The van der Waals surface area contributed by atoms with Crippen LogP contribution < -0.4 is 10.0 Å². The molecule has 1 aromatic rings. The number of carbonyl (C=O) groups excluding carboxylic acids is 1. The molecule has 23 heavy (non-hydrogen) atoms. The molecular formula is C19H31NO3. The highest BCUT2D eigenvalue weighted by Gasteiger charge is 2.13. The Balaban J connectivity index is 0.000000277. The quantitative estimate of drug-likeness (QED) is 0.797. The molecule has 0 spiro atoms. The first kappa shape index (κ1) is 19.7. The maximum atomic E-state index is 10.7. The molecular weight excluding hydrogens is 290 g/mol. The van der Waals surface area contributed by atoms with E-state index in [0.717, 1.165) is 18.5 Å². The first-order valence-corrected chi connectivity index (χ1v) is 8.68. The van der Waals surface area contributed by atoms with Gasteiger partial charge >= 0.3 is 0 Å². The van der Waals surface area contributed by atoms with Gasteiger partial charge in [0.05, 0.1) is 19.7 Å². The number of hydrogen-bond acceptors (Lipinski definition) is 3. The topological polar surface area (TPSA) is 64.8 Å². The lowest BCUT2D eigenvalue weighted by Crippen LogP contribution is -3.10. The summed E-state index contributed by atoms with van der Waals surface area (Å²) in [6.07, 6.45) is 3.74. The first-order chi connectivity index (χ1) is 10.9. The van der Waals surface area contributed by atoms with E-state index < -0.39 is 11.9 Å². The molecule has 1 saturated heterocycles. The van der Waals surface area contributed by atoms with E-state index in [1.165, 1.54) is 31.5 Å². The Morgan fingerprint density at radius 2 is 1.74 bits per heavy atom. The number of quaternary nitrogens is 1. The number of carboxylic acid groups (broad SMARTS) is 1. The fourth-order valence-electron chi connectivity index (χ4n) is 2.83. The van der Waals surface area contributed by atoms with Crippen LogP contribution in [0.2, 0.25) is 0 Å². The molecule has 0 aliphatic carbocycles. The highest BCUT2D eigenvalue weighted by molar-refractivity contribution is 5.73. The number of nitrogens with one attached hydrogen (secondary N) is 1. The van der Waals surface area contributed by atoms with Crippen LogP contribution in [-0.4, -0.2) is 37.3 Å². The summed E-state index contributed by atoms with van der Waals surface area (Å²) in [6, 6.07) is 7.74. The molecule has 2 rings (SSSR count). The molecule has 1 heterocycles. The van der Waals surface area contributed by atoms with Crippen LogP contribution in [0.4, 0.5) is 0 Å².